The molecule has 0 aliphatic rings. The summed E-state index contributed by atoms with van der Waals surface area (Å²) in [6.07, 6.45) is 1.78. The summed E-state index contributed by atoms with van der Waals surface area (Å²) in [4.78, 5) is 15.6. The van der Waals surface area contributed by atoms with E-state index >= 15 is 0 Å². The molecule has 1 heterocycles. The van der Waals surface area contributed by atoms with Gasteiger partial charge in [-0.05, 0) is 23.8 Å². The molecular weight excluding hydrogens is 278 g/mol. The molecule has 1 atom stereocenters. The van der Waals surface area contributed by atoms with E-state index in [0.29, 0.717) is 5.56 Å². The van der Waals surface area contributed by atoms with Gasteiger partial charge in [-0.3, -0.25) is 9.78 Å². The molecule has 2 aromatic rings. The summed E-state index contributed by atoms with van der Waals surface area (Å²) in [5.41, 5.74) is 0.265. The molecule has 0 aliphatic carbocycles. The van der Waals surface area contributed by atoms with Gasteiger partial charge in [0.1, 0.15) is 17.7 Å². The lowest BCUT2D eigenvalue weighted by atomic mass is 10.1. The number of halogens is 2. The molecule has 6 heteroatoms. The molecule has 0 spiro atoms. The molecule has 110 valence electrons. The maximum Gasteiger partial charge on any atom is 0.224 e. The molecule has 4 nitrogen and oxygen atoms in total. The second-order valence-corrected chi connectivity index (χ2v) is 4.49. The van der Waals surface area contributed by atoms with Crippen LogP contribution in [-0.4, -0.2) is 22.5 Å². The minimum Gasteiger partial charge on any atom is -0.386 e. The van der Waals surface area contributed by atoms with E-state index in [4.69, 9.17) is 0 Å². The molecule has 1 unspecified atom stereocenters. The van der Waals surface area contributed by atoms with Crippen molar-refractivity contribution >= 4 is 5.91 Å². The molecule has 0 bridgehead atoms. The highest BCUT2D eigenvalue weighted by Gasteiger charge is 2.18. The summed E-state index contributed by atoms with van der Waals surface area (Å²) in [5.74, 6) is -2.05. The first-order valence-electron chi connectivity index (χ1n) is 6.35. The number of rotatable bonds is 5. The van der Waals surface area contributed by atoms with Gasteiger partial charge in [-0.1, -0.05) is 12.1 Å². The molecule has 1 aromatic carbocycles. The van der Waals surface area contributed by atoms with E-state index in [-0.39, 0.29) is 18.9 Å². The number of benzene rings is 1. The summed E-state index contributed by atoms with van der Waals surface area (Å²) in [5, 5.41) is 12.2. The molecule has 0 fully saturated rings. The summed E-state index contributed by atoms with van der Waals surface area (Å²) in [6.45, 7) is -0.267. The molecule has 0 saturated heterocycles. The average Bonchev–Trinajstić information content (AvgIpc) is 2.46. The van der Waals surface area contributed by atoms with Gasteiger partial charge in [-0.15, -0.1) is 0 Å². The lowest BCUT2D eigenvalue weighted by Gasteiger charge is -2.13. The van der Waals surface area contributed by atoms with E-state index in [1.54, 1.807) is 24.5 Å². The van der Waals surface area contributed by atoms with Gasteiger partial charge in [-0.25, -0.2) is 8.78 Å². The van der Waals surface area contributed by atoms with Crippen LogP contribution in [0.5, 0.6) is 0 Å². The standard InChI is InChI=1S/C15H14F2N2O2/c16-11-4-1-5-12(17)15(11)13(20)9-19-14(21)7-10-3-2-6-18-8-10/h1-6,8,13,20H,7,9H2,(H,19,21). The van der Waals surface area contributed by atoms with Crippen LogP contribution in [0.4, 0.5) is 8.78 Å². The van der Waals surface area contributed by atoms with Crippen LogP contribution >= 0.6 is 0 Å². The highest BCUT2D eigenvalue weighted by molar-refractivity contribution is 5.78. The Morgan fingerprint density at radius 3 is 2.57 bits per heavy atom. The quantitative estimate of drug-likeness (QED) is 0.882. The first kappa shape index (κ1) is 15.1. The molecular formula is C15H14F2N2O2. The van der Waals surface area contributed by atoms with Crippen molar-refractivity contribution in [2.75, 3.05) is 6.54 Å². The normalized spacial score (nSPS) is 12.0. The second-order valence-electron chi connectivity index (χ2n) is 4.49. The van der Waals surface area contributed by atoms with Crippen LogP contribution in [0.25, 0.3) is 0 Å². The third-order valence-corrected chi connectivity index (χ3v) is 2.91. The first-order chi connectivity index (χ1) is 10.1. The zero-order chi connectivity index (χ0) is 15.2. The fourth-order valence-electron chi connectivity index (χ4n) is 1.89. The van der Waals surface area contributed by atoms with Gasteiger partial charge < -0.3 is 10.4 Å². The zero-order valence-corrected chi connectivity index (χ0v) is 11.1. The largest absolute Gasteiger partial charge is 0.386 e. The predicted octanol–water partition coefficient (Wildman–Crippen LogP) is 1.75. The number of carbonyl (C=O) groups excluding carboxylic acids is 1. The summed E-state index contributed by atoms with van der Waals surface area (Å²) in [7, 11) is 0. The third kappa shape index (κ3) is 4.06. The van der Waals surface area contributed by atoms with Crippen LogP contribution in [0.15, 0.2) is 42.7 Å². The summed E-state index contributed by atoms with van der Waals surface area (Å²) in [6, 6.07) is 6.76. The van der Waals surface area contributed by atoms with Gasteiger partial charge in [0, 0.05) is 18.9 Å². The van der Waals surface area contributed by atoms with Gasteiger partial charge in [0.25, 0.3) is 0 Å². The van der Waals surface area contributed by atoms with Gasteiger partial charge in [0.2, 0.25) is 5.91 Å². The predicted molar refractivity (Wildman–Crippen MR) is 72.3 cm³/mol. The number of amides is 1. The Kier molecular flexibility index (Phi) is 4.94. The van der Waals surface area contributed by atoms with Crippen molar-refractivity contribution < 1.29 is 18.7 Å². The number of aliphatic hydroxyl groups excluding tert-OH is 1. The number of carbonyl (C=O) groups is 1. The lowest BCUT2D eigenvalue weighted by molar-refractivity contribution is -0.120. The van der Waals surface area contributed by atoms with Gasteiger partial charge in [0.15, 0.2) is 0 Å². The lowest BCUT2D eigenvalue weighted by Crippen LogP contribution is -2.30. The molecule has 1 amide bonds. The minimum atomic E-state index is -1.44. The molecule has 21 heavy (non-hydrogen) atoms. The summed E-state index contributed by atoms with van der Waals surface area (Å²) >= 11 is 0. The Balaban J connectivity index is 1.92. The van der Waals surface area contributed by atoms with Crippen LogP contribution in [0.2, 0.25) is 0 Å². The van der Waals surface area contributed by atoms with Crippen molar-refractivity contribution in [2.45, 2.75) is 12.5 Å². The smallest absolute Gasteiger partial charge is 0.224 e. The Morgan fingerprint density at radius 1 is 1.24 bits per heavy atom. The number of nitrogens with zero attached hydrogens (tertiary/aromatic N) is 1. The van der Waals surface area contributed by atoms with E-state index in [1.165, 1.54) is 6.07 Å². The Hall–Kier alpha value is -2.34. The maximum absolute atomic E-state index is 13.5. The number of hydrogen-bond acceptors (Lipinski definition) is 3. The van der Waals surface area contributed by atoms with Crippen LogP contribution in [0.1, 0.15) is 17.2 Å². The van der Waals surface area contributed by atoms with Crippen LogP contribution in [0, 0.1) is 11.6 Å². The van der Waals surface area contributed by atoms with Crippen LogP contribution in [-0.2, 0) is 11.2 Å². The van der Waals surface area contributed by atoms with E-state index in [1.807, 2.05) is 0 Å². The molecule has 0 aliphatic heterocycles. The molecule has 0 saturated carbocycles. The van der Waals surface area contributed by atoms with E-state index in [9.17, 15) is 18.7 Å². The Labute approximate surface area is 120 Å². The average molecular weight is 292 g/mol. The van der Waals surface area contributed by atoms with Gasteiger partial charge >= 0.3 is 0 Å². The number of hydrogen-bond donors (Lipinski definition) is 2. The highest BCUT2D eigenvalue weighted by Crippen LogP contribution is 2.19. The Morgan fingerprint density at radius 2 is 1.95 bits per heavy atom. The van der Waals surface area contributed by atoms with E-state index in [0.717, 1.165) is 12.1 Å². The maximum atomic E-state index is 13.5. The fraction of sp³-hybridized carbons (Fsp3) is 0.200. The number of nitrogens with one attached hydrogen (secondary N) is 1. The molecule has 1 aromatic heterocycles. The number of aromatic nitrogens is 1. The van der Waals surface area contributed by atoms with Crippen molar-refractivity contribution in [1.29, 1.82) is 0 Å². The highest BCUT2D eigenvalue weighted by atomic mass is 19.1. The van der Waals surface area contributed by atoms with Gasteiger partial charge in [-0.2, -0.15) is 0 Å². The Bertz CT molecular complexity index is 600. The van der Waals surface area contributed by atoms with Gasteiger partial charge in [0.05, 0.1) is 12.0 Å². The summed E-state index contributed by atoms with van der Waals surface area (Å²) < 4.78 is 26.9. The number of pyridine rings is 1. The molecule has 2 rings (SSSR count). The monoisotopic (exact) mass is 292 g/mol. The zero-order valence-electron chi connectivity index (χ0n) is 11.1. The SMILES string of the molecule is O=C(Cc1cccnc1)NCC(O)c1c(F)cccc1F. The van der Waals surface area contributed by atoms with Crippen molar-refractivity contribution in [3.05, 3.63) is 65.5 Å². The van der Waals surface area contributed by atoms with Crippen molar-refractivity contribution in [3.8, 4) is 0 Å². The van der Waals surface area contributed by atoms with Crippen LogP contribution in [0.3, 0.4) is 0 Å². The third-order valence-electron chi connectivity index (χ3n) is 2.91. The van der Waals surface area contributed by atoms with Crippen molar-refractivity contribution in [1.82, 2.24) is 10.3 Å². The van der Waals surface area contributed by atoms with E-state index in [2.05, 4.69) is 10.3 Å². The fourth-order valence-corrected chi connectivity index (χ4v) is 1.89. The van der Waals surface area contributed by atoms with Crippen molar-refractivity contribution in [3.63, 3.8) is 0 Å². The number of aliphatic hydroxyl groups is 1. The second kappa shape index (κ2) is 6.90. The molecule has 0 radical (unpaired) electrons. The first-order valence-corrected chi connectivity index (χ1v) is 6.35. The van der Waals surface area contributed by atoms with E-state index < -0.39 is 23.3 Å². The minimum absolute atomic E-state index is 0.0836. The van der Waals surface area contributed by atoms with Crippen LogP contribution < -0.4 is 5.32 Å². The molecule has 2 N–H and O–H groups in total. The topological polar surface area (TPSA) is 62.2 Å². The van der Waals surface area contributed by atoms with Crippen molar-refractivity contribution in [2.24, 2.45) is 0 Å².